The van der Waals surface area contributed by atoms with Crippen LogP contribution < -0.4 is 14.8 Å². The van der Waals surface area contributed by atoms with Gasteiger partial charge in [0, 0.05) is 42.1 Å². The zero-order valence-electron chi connectivity index (χ0n) is 36.1. The molecule has 0 amide bonds. The molecule has 0 saturated heterocycles. The number of benzene rings is 4. The Morgan fingerprint density at radius 1 is 0.984 bits per heavy atom. The smallest absolute Gasteiger partial charge is 0.161 e. The Morgan fingerprint density at radius 2 is 1.85 bits per heavy atom. The summed E-state index contributed by atoms with van der Waals surface area (Å²) in [6.07, 6.45) is 18.7. The zero-order chi connectivity index (χ0) is 43.3. The van der Waals surface area contributed by atoms with E-state index >= 15 is 0 Å². The van der Waals surface area contributed by atoms with Crippen LogP contribution in [0.25, 0.3) is 16.8 Å². The summed E-state index contributed by atoms with van der Waals surface area (Å²) in [7, 11) is 1.61. The number of hydrogen-bond donors (Lipinski definition) is 5. The molecule has 3 aliphatic carbocycles. The third-order valence-corrected chi connectivity index (χ3v) is 13.2. The van der Waals surface area contributed by atoms with Gasteiger partial charge in [0.2, 0.25) is 0 Å². The molecule has 0 spiro atoms. The van der Waals surface area contributed by atoms with E-state index < -0.39 is 12.2 Å². The summed E-state index contributed by atoms with van der Waals surface area (Å²) in [4.78, 5) is 13.8. The number of carbonyl (C=O) groups is 1. The number of methoxy groups -OCH3 is 1. The van der Waals surface area contributed by atoms with Crippen molar-refractivity contribution in [3.05, 3.63) is 123 Å². The number of ether oxygens (including phenoxy) is 3. The molecule has 324 valence electrons. The van der Waals surface area contributed by atoms with Gasteiger partial charge in [0.15, 0.2) is 11.5 Å². The molecule has 6 unspecified atom stereocenters. The normalized spacial score (nSPS) is 22.2. The fraction of sp³-hybridized carbons (Fsp3) is 0.415. The number of phenolic OH excluding ortho intramolecular Hbond substituents is 1. The first-order valence-corrected chi connectivity index (χ1v) is 22.3. The second-order valence-corrected chi connectivity index (χ2v) is 17.6. The van der Waals surface area contributed by atoms with Gasteiger partial charge in [-0.25, -0.2) is 0 Å². The maximum atomic E-state index is 13.8. The van der Waals surface area contributed by atoms with Crippen LogP contribution in [0.4, 0.5) is 5.69 Å². The number of anilines is 1. The van der Waals surface area contributed by atoms with Crippen molar-refractivity contribution in [2.45, 2.75) is 115 Å². The highest BCUT2D eigenvalue weighted by atomic mass is 16.5. The lowest BCUT2D eigenvalue weighted by Crippen LogP contribution is -2.24. The van der Waals surface area contributed by atoms with Crippen LogP contribution in [0.15, 0.2) is 78.6 Å². The van der Waals surface area contributed by atoms with Gasteiger partial charge in [-0.2, -0.15) is 0 Å². The summed E-state index contributed by atoms with van der Waals surface area (Å²) in [5, 5.41) is 48.4. The molecule has 4 aromatic carbocycles. The molecule has 2 aliphatic heterocycles. The van der Waals surface area contributed by atoms with Crippen LogP contribution in [0, 0.1) is 23.9 Å². The molecule has 0 radical (unpaired) electrons. The number of unbranched alkanes of at least 4 members (excludes halogenated alkanes) is 1. The van der Waals surface area contributed by atoms with Crippen LogP contribution >= 0.6 is 0 Å². The van der Waals surface area contributed by atoms with Crippen LogP contribution in [0.1, 0.15) is 115 Å². The number of rotatable bonds is 12. The molecule has 8 bridgehead atoms. The first-order chi connectivity index (χ1) is 30.1. The van der Waals surface area contributed by atoms with Gasteiger partial charge in [0.1, 0.15) is 36.1 Å². The zero-order valence-corrected chi connectivity index (χ0v) is 36.1. The number of aliphatic hydroxyl groups excluding tert-OH is 3. The number of allylic oxidation sites excluding steroid dienone is 4. The monoisotopic (exact) mass is 837 g/mol. The second kappa shape index (κ2) is 19.1. The van der Waals surface area contributed by atoms with Gasteiger partial charge < -0.3 is 40.0 Å². The van der Waals surface area contributed by atoms with E-state index in [9.17, 15) is 25.2 Å². The summed E-state index contributed by atoms with van der Waals surface area (Å²) in [5.74, 6) is 4.82. The minimum Gasteiger partial charge on any atom is -0.508 e. The van der Waals surface area contributed by atoms with E-state index in [4.69, 9.17) is 14.2 Å². The van der Waals surface area contributed by atoms with E-state index in [1.165, 1.54) is 5.56 Å². The Hall–Kier alpha value is -5.69. The molecule has 9 heteroatoms. The minimum absolute atomic E-state index is 0.0561. The number of aliphatic hydroxyl groups is 3. The van der Waals surface area contributed by atoms with Gasteiger partial charge in [-0.3, -0.25) is 4.79 Å². The first kappa shape index (κ1) is 43.0. The molecule has 9 rings (SSSR count). The first-order valence-electron chi connectivity index (χ1n) is 22.3. The number of carbonyl (C=O) groups excluding carboxylic acids is 1. The van der Waals surface area contributed by atoms with E-state index in [0.29, 0.717) is 50.1 Å². The number of aryl methyl sites for hydroxylation is 3. The Morgan fingerprint density at radius 3 is 2.68 bits per heavy atom. The molecule has 5 aliphatic rings. The molecule has 6 atom stereocenters. The van der Waals surface area contributed by atoms with Crippen molar-refractivity contribution in [2.24, 2.45) is 11.8 Å². The number of Topliss-reactive ketones (excluding diaryl/α,β-unsaturated/α-hetero) is 1. The van der Waals surface area contributed by atoms with Crippen molar-refractivity contribution in [3.63, 3.8) is 0 Å². The van der Waals surface area contributed by atoms with Crippen LogP contribution in [0.5, 0.6) is 17.2 Å². The molecular formula is C53H59NO8. The molecule has 0 aromatic heterocycles. The van der Waals surface area contributed by atoms with Gasteiger partial charge >= 0.3 is 0 Å². The molecule has 2 heterocycles. The quantitative estimate of drug-likeness (QED) is 0.0698. The maximum Gasteiger partial charge on any atom is 0.161 e. The fourth-order valence-electron chi connectivity index (χ4n) is 9.98. The Labute approximate surface area is 365 Å². The summed E-state index contributed by atoms with van der Waals surface area (Å²) in [6, 6.07) is 16.0. The van der Waals surface area contributed by atoms with Crippen LogP contribution in [-0.2, 0) is 42.0 Å². The second-order valence-electron chi connectivity index (χ2n) is 17.6. The van der Waals surface area contributed by atoms with Gasteiger partial charge in [-0.1, -0.05) is 55.7 Å². The minimum atomic E-state index is -0.523. The number of phenols is 1. The standard InChI is InChI=1S/C53H59NO8/c1-32-11-18-44-47-31-62-50-24-35(13-20-49(50)60-3)12-16-41(58)27-42(61-22-21-37-15-19-43(46(47)30-55)53-51(37)48(59)28-45(32)52(44)53)26-38-25-40(57)17-14-36(38)9-5-4-7-34-8-6-10-39(23-34)54-29-33(2)56/h6,8,10-11,13-14,17-18,20,23-25,28,32-33,36-38,42,54-57,59H,4-5,7,9,12,15-16,19,26-27,29-31H2,1-3H3. The Kier molecular flexibility index (Phi) is 13.3. The van der Waals surface area contributed by atoms with Crippen molar-refractivity contribution in [3.8, 4) is 29.3 Å². The number of ketones is 1. The highest BCUT2D eigenvalue weighted by Gasteiger charge is 2.33. The van der Waals surface area contributed by atoms with E-state index in [-0.39, 0.29) is 60.6 Å². The van der Waals surface area contributed by atoms with Gasteiger partial charge in [-0.15, -0.1) is 0 Å². The summed E-state index contributed by atoms with van der Waals surface area (Å²) < 4.78 is 18.7. The number of hydrogen-bond acceptors (Lipinski definition) is 9. The van der Waals surface area contributed by atoms with E-state index in [0.717, 1.165) is 81.1 Å². The molecule has 4 aromatic rings. The number of aromatic hydroxyl groups is 1. The molecule has 5 N–H and O–H groups in total. The summed E-state index contributed by atoms with van der Waals surface area (Å²) in [5.41, 5.74) is 8.69. The molecule has 62 heavy (non-hydrogen) atoms. The molecular weight excluding hydrogens is 779 g/mol. The molecule has 0 fully saturated rings. The van der Waals surface area contributed by atoms with Gasteiger partial charge in [-0.05, 0) is 150 Å². The number of fused-ring (bicyclic) bond motifs is 7. The average molecular weight is 838 g/mol. The largest absolute Gasteiger partial charge is 0.508 e. The van der Waals surface area contributed by atoms with E-state index in [1.54, 1.807) is 20.1 Å². The average Bonchev–Trinajstić information content (AvgIpc) is 3.26. The highest BCUT2D eigenvalue weighted by Crippen LogP contribution is 2.50. The van der Waals surface area contributed by atoms with Crippen molar-refractivity contribution in [1.29, 1.82) is 0 Å². The topological polar surface area (TPSA) is 138 Å². The summed E-state index contributed by atoms with van der Waals surface area (Å²) >= 11 is 0. The van der Waals surface area contributed by atoms with Crippen molar-refractivity contribution in [2.75, 3.05) is 19.0 Å². The predicted molar refractivity (Wildman–Crippen MR) is 244 cm³/mol. The molecule has 0 saturated carbocycles. The fourth-order valence-corrected chi connectivity index (χ4v) is 9.98. The third kappa shape index (κ3) is 9.38. The predicted octanol–water partition coefficient (Wildman–Crippen LogP) is 9.88. The molecule has 9 nitrogen and oxygen atoms in total. The van der Waals surface area contributed by atoms with Gasteiger partial charge in [0.05, 0.1) is 25.7 Å². The van der Waals surface area contributed by atoms with Crippen LogP contribution in [0.2, 0.25) is 0 Å². The maximum absolute atomic E-state index is 13.8. The highest BCUT2D eigenvalue weighted by molar-refractivity contribution is 6.03. The van der Waals surface area contributed by atoms with E-state index in [1.807, 2.05) is 42.5 Å². The van der Waals surface area contributed by atoms with Crippen molar-refractivity contribution in [1.82, 2.24) is 0 Å². The SMILES string of the molecule is COc1ccc2cc1OCc1c(CO)c3c4c(c(O)cc5c4c1C=CC5C)C(C#COC(CC1C=C(O)C=CC1CCCCc1cccc(NCC(C)O)c1)CC(=O)CC2)CC3. The lowest BCUT2D eigenvalue weighted by atomic mass is 9.73. The van der Waals surface area contributed by atoms with Crippen molar-refractivity contribution >= 4 is 28.3 Å². The van der Waals surface area contributed by atoms with Crippen LogP contribution in [-0.4, -0.2) is 52.1 Å². The lowest BCUT2D eigenvalue weighted by molar-refractivity contribution is -0.121. The Bertz CT molecular complexity index is 2470. The summed E-state index contributed by atoms with van der Waals surface area (Å²) in [6.45, 7) is 4.42. The van der Waals surface area contributed by atoms with Crippen molar-refractivity contribution < 1.29 is 39.4 Å². The van der Waals surface area contributed by atoms with Gasteiger partial charge in [0.25, 0.3) is 0 Å². The third-order valence-electron chi connectivity index (χ3n) is 13.2. The Balaban J connectivity index is 1.08. The number of nitrogens with one attached hydrogen (secondary N) is 1. The van der Waals surface area contributed by atoms with E-state index in [2.05, 4.69) is 54.6 Å². The van der Waals surface area contributed by atoms with Crippen LogP contribution in [0.3, 0.4) is 0 Å². The lowest BCUT2D eigenvalue weighted by Gasteiger charge is -2.32.